The number of allylic oxidation sites excluding steroid dienone is 1. The van der Waals surface area contributed by atoms with Gasteiger partial charge in [0, 0.05) is 12.2 Å². The predicted molar refractivity (Wildman–Crippen MR) is 126 cm³/mol. The van der Waals surface area contributed by atoms with E-state index >= 15 is 0 Å². The number of hydrogen-bond acceptors (Lipinski definition) is 1. The molecule has 1 N–H and O–H groups in total. The maximum atomic E-state index is 4.04. The molecule has 1 nitrogen and oxygen atoms in total. The van der Waals surface area contributed by atoms with Gasteiger partial charge >= 0.3 is 0 Å². The lowest BCUT2D eigenvalue weighted by Gasteiger charge is -2.08. The number of hydrogen-bond donors (Lipinski definition) is 1. The molecule has 0 saturated heterocycles. The monoisotopic (exact) mass is 361 g/mol. The zero-order valence-corrected chi connectivity index (χ0v) is 19.1. The Morgan fingerprint density at radius 1 is 0.846 bits per heavy atom. The van der Waals surface area contributed by atoms with Gasteiger partial charge in [0.25, 0.3) is 0 Å². The van der Waals surface area contributed by atoms with Crippen LogP contribution in [0.15, 0.2) is 36.9 Å². The summed E-state index contributed by atoms with van der Waals surface area (Å²) in [6, 6.07) is 8.52. The summed E-state index contributed by atoms with van der Waals surface area (Å²) in [7, 11) is 0. The van der Waals surface area contributed by atoms with Crippen LogP contribution in [0.2, 0.25) is 0 Å². The Bertz CT molecular complexity index is 399. The van der Waals surface area contributed by atoms with Gasteiger partial charge in [0.05, 0.1) is 0 Å². The Morgan fingerprint density at radius 2 is 1.35 bits per heavy atom. The number of unbranched alkanes of at least 4 members (excludes halogenated alkanes) is 2. The Kier molecular flexibility index (Phi) is 29.0. The van der Waals surface area contributed by atoms with Crippen LogP contribution in [0, 0.1) is 0 Å². The van der Waals surface area contributed by atoms with Crippen LogP contribution in [0.25, 0.3) is 11.8 Å². The molecule has 0 amide bonds. The van der Waals surface area contributed by atoms with E-state index in [0.717, 1.165) is 25.1 Å². The summed E-state index contributed by atoms with van der Waals surface area (Å²) in [5.41, 5.74) is 3.44. The molecule has 0 saturated carbocycles. The summed E-state index contributed by atoms with van der Waals surface area (Å²) >= 11 is 0. The summed E-state index contributed by atoms with van der Waals surface area (Å²) in [5, 5.41) is 3.31. The third-order valence-electron chi connectivity index (χ3n) is 3.11. The van der Waals surface area contributed by atoms with Crippen LogP contribution >= 0.6 is 0 Å². The SMILES string of the molecule is C=C(NCCC)c1ccc(/C=C/CCC)cc1.CC.CCC.CCCC. The van der Waals surface area contributed by atoms with Gasteiger partial charge in [0.2, 0.25) is 0 Å². The summed E-state index contributed by atoms with van der Waals surface area (Å²) in [5.74, 6) is 0. The van der Waals surface area contributed by atoms with E-state index in [2.05, 4.69) is 89.9 Å². The quantitative estimate of drug-likeness (QED) is 0.488. The molecule has 0 aromatic heterocycles. The molecule has 152 valence electrons. The Labute approximate surface area is 166 Å². The number of nitrogens with one attached hydrogen (secondary N) is 1. The second-order valence-corrected chi connectivity index (χ2v) is 5.93. The van der Waals surface area contributed by atoms with Gasteiger partial charge < -0.3 is 5.32 Å². The van der Waals surface area contributed by atoms with Crippen LogP contribution in [0.5, 0.6) is 0 Å². The lowest BCUT2D eigenvalue weighted by molar-refractivity contribution is 0.825. The van der Waals surface area contributed by atoms with Crippen molar-refractivity contribution in [2.24, 2.45) is 0 Å². The van der Waals surface area contributed by atoms with E-state index in [4.69, 9.17) is 0 Å². The molecule has 0 radical (unpaired) electrons. The molecule has 0 atom stereocenters. The lowest BCUT2D eigenvalue weighted by Crippen LogP contribution is -2.11. The highest BCUT2D eigenvalue weighted by Crippen LogP contribution is 2.12. The van der Waals surface area contributed by atoms with Crippen LogP contribution in [0.4, 0.5) is 0 Å². The van der Waals surface area contributed by atoms with Gasteiger partial charge in [-0.25, -0.2) is 0 Å². The average molecular weight is 362 g/mol. The predicted octanol–water partition coefficient (Wildman–Crippen LogP) is 8.72. The molecule has 0 aliphatic carbocycles. The Balaban J connectivity index is -0.000000495. The largest absolute Gasteiger partial charge is 0.385 e. The molecular weight excluding hydrogens is 314 g/mol. The normalized spacial score (nSPS) is 9.08. The van der Waals surface area contributed by atoms with E-state index in [1.807, 2.05) is 13.8 Å². The zero-order valence-electron chi connectivity index (χ0n) is 19.1. The highest BCUT2D eigenvalue weighted by Gasteiger charge is 1.96. The summed E-state index contributed by atoms with van der Waals surface area (Å²) in [4.78, 5) is 0. The summed E-state index contributed by atoms with van der Waals surface area (Å²) < 4.78 is 0. The van der Waals surface area contributed by atoms with E-state index in [-0.39, 0.29) is 0 Å². The van der Waals surface area contributed by atoms with Crippen LogP contribution in [-0.4, -0.2) is 6.54 Å². The maximum Gasteiger partial charge on any atom is 0.0340 e. The molecule has 0 aliphatic heterocycles. The van der Waals surface area contributed by atoms with Crippen LogP contribution in [-0.2, 0) is 0 Å². The van der Waals surface area contributed by atoms with Gasteiger partial charge in [-0.3, -0.25) is 0 Å². The molecule has 0 spiro atoms. The first-order chi connectivity index (χ1) is 12.6. The van der Waals surface area contributed by atoms with E-state index in [1.165, 1.54) is 36.8 Å². The second kappa shape index (κ2) is 25.7. The fraction of sp³-hybridized carbons (Fsp3) is 0.600. The van der Waals surface area contributed by atoms with E-state index < -0.39 is 0 Å². The molecule has 1 rings (SSSR count). The first-order valence-corrected chi connectivity index (χ1v) is 10.8. The molecule has 1 heteroatoms. The molecule has 1 aromatic carbocycles. The minimum Gasteiger partial charge on any atom is -0.385 e. The topological polar surface area (TPSA) is 12.0 Å². The molecule has 0 bridgehead atoms. The lowest BCUT2D eigenvalue weighted by atomic mass is 10.1. The first kappa shape index (κ1) is 29.3. The van der Waals surface area contributed by atoms with Gasteiger partial charge in [0.15, 0.2) is 0 Å². The molecule has 0 fully saturated rings. The summed E-state index contributed by atoms with van der Waals surface area (Å²) in [6.45, 7) is 22.0. The van der Waals surface area contributed by atoms with E-state index in [0.29, 0.717) is 0 Å². The van der Waals surface area contributed by atoms with Gasteiger partial charge in [-0.2, -0.15) is 0 Å². The highest BCUT2D eigenvalue weighted by molar-refractivity contribution is 5.63. The molecule has 26 heavy (non-hydrogen) atoms. The molecule has 1 aromatic rings. The van der Waals surface area contributed by atoms with Crippen LogP contribution < -0.4 is 5.32 Å². The van der Waals surface area contributed by atoms with Crippen molar-refractivity contribution in [3.05, 3.63) is 48.0 Å². The fourth-order valence-electron chi connectivity index (χ4n) is 1.56. The third kappa shape index (κ3) is 20.5. The van der Waals surface area contributed by atoms with Gasteiger partial charge in [0.1, 0.15) is 0 Å². The van der Waals surface area contributed by atoms with Crippen LogP contribution in [0.3, 0.4) is 0 Å². The minimum atomic E-state index is 0.983. The minimum absolute atomic E-state index is 0.983. The zero-order chi connectivity index (χ0) is 20.6. The van der Waals surface area contributed by atoms with Crippen molar-refractivity contribution in [3.63, 3.8) is 0 Å². The number of rotatable bonds is 8. The van der Waals surface area contributed by atoms with Crippen molar-refractivity contribution in [3.8, 4) is 0 Å². The van der Waals surface area contributed by atoms with Crippen molar-refractivity contribution < 1.29 is 0 Å². The van der Waals surface area contributed by atoms with E-state index in [1.54, 1.807) is 0 Å². The molecule has 0 heterocycles. The van der Waals surface area contributed by atoms with Crippen molar-refractivity contribution in [1.29, 1.82) is 0 Å². The van der Waals surface area contributed by atoms with Crippen LogP contribution in [0.1, 0.15) is 105 Å². The second-order valence-electron chi connectivity index (χ2n) is 5.93. The smallest absolute Gasteiger partial charge is 0.0340 e. The Morgan fingerprint density at radius 3 is 1.73 bits per heavy atom. The maximum absolute atomic E-state index is 4.04. The average Bonchev–Trinajstić information content (AvgIpc) is 2.69. The van der Waals surface area contributed by atoms with Crippen molar-refractivity contribution in [1.82, 2.24) is 5.32 Å². The van der Waals surface area contributed by atoms with Gasteiger partial charge in [-0.15, -0.1) is 0 Å². The van der Waals surface area contributed by atoms with Gasteiger partial charge in [-0.1, -0.05) is 124 Å². The standard InChI is InChI=1S/C16H23N.C4H10.C3H8.C2H6/c1-4-6-7-8-15-9-11-16(12-10-15)14(3)17-13-5-2;1-3-4-2;1-3-2;1-2/h7-12,17H,3-6,13H2,1-2H3;3-4H2,1-2H3;3H2,1-2H3;1-2H3/b8-7+;;;. The molecule has 0 aliphatic rings. The van der Waals surface area contributed by atoms with Crippen molar-refractivity contribution in [2.45, 2.75) is 93.9 Å². The third-order valence-corrected chi connectivity index (χ3v) is 3.11. The molecular formula is C25H47N. The van der Waals surface area contributed by atoms with Crippen molar-refractivity contribution >= 4 is 11.8 Å². The fourth-order valence-corrected chi connectivity index (χ4v) is 1.56. The molecule has 0 unspecified atom stereocenters. The number of benzene rings is 1. The van der Waals surface area contributed by atoms with Gasteiger partial charge in [-0.05, 0) is 24.0 Å². The highest BCUT2D eigenvalue weighted by atomic mass is 14.9. The summed E-state index contributed by atoms with van der Waals surface area (Å²) in [6.07, 6.45) is 11.8. The first-order valence-electron chi connectivity index (χ1n) is 10.8. The van der Waals surface area contributed by atoms with E-state index in [9.17, 15) is 0 Å². The van der Waals surface area contributed by atoms with Crippen molar-refractivity contribution in [2.75, 3.05) is 6.54 Å². The Hall–Kier alpha value is -1.50.